The number of amides is 1. The molecule has 0 aliphatic heterocycles. The van der Waals surface area contributed by atoms with E-state index in [1.807, 2.05) is 6.07 Å². The highest BCUT2D eigenvalue weighted by atomic mass is 16.5. The van der Waals surface area contributed by atoms with Crippen molar-refractivity contribution in [3.63, 3.8) is 0 Å². The maximum Gasteiger partial charge on any atom is 0.259 e. The molecule has 1 aromatic heterocycles. The van der Waals surface area contributed by atoms with Gasteiger partial charge in [-0.25, -0.2) is 4.98 Å². The summed E-state index contributed by atoms with van der Waals surface area (Å²) in [4.78, 5) is 17.3. The van der Waals surface area contributed by atoms with Gasteiger partial charge < -0.3 is 28.7 Å². The molecule has 4 rings (SSSR count). The lowest BCUT2D eigenvalue weighted by molar-refractivity contribution is 0.102. The number of nitrogens with one attached hydrogen (secondary N) is 1. The highest BCUT2D eigenvalue weighted by molar-refractivity contribution is 6.07. The van der Waals surface area contributed by atoms with Crippen LogP contribution in [-0.2, 0) is 0 Å². The number of benzene rings is 3. The predicted molar refractivity (Wildman–Crippen MR) is 120 cm³/mol. The highest BCUT2D eigenvalue weighted by Gasteiger charge is 2.16. The van der Waals surface area contributed by atoms with Gasteiger partial charge in [0.2, 0.25) is 5.89 Å². The summed E-state index contributed by atoms with van der Waals surface area (Å²) in [7, 11) is 6.20. The van der Waals surface area contributed by atoms with Gasteiger partial charge in [-0.1, -0.05) is 0 Å². The van der Waals surface area contributed by atoms with Crippen molar-refractivity contribution in [3.8, 4) is 34.5 Å². The Morgan fingerprint density at radius 3 is 2.31 bits per heavy atom. The number of nitrogens with zero attached hydrogens (tertiary/aromatic N) is 1. The zero-order valence-corrected chi connectivity index (χ0v) is 18.1. The maximum absolute atomic E-state index is 12.8. The van der Waals surface area contributed by atoms with Crippen LogP contribution in [0.25, 0.3) is 22.6 Å². The molecular weight excluding hydrogens is 412 g/mol. The quantitative estimate of drug-likeness (QED) is 0.447. The number of carbonyl (C=O) groups excluding carboxylic acids is 1. The van der Waals surface area contributed by atoms with Crippen LogP contribution < -0.4 is 24.3 Å². The number of rotatable bonds is 7. The summed E-state index contributed by atoms with van der Waals surface area (Å²) in [5, 5.41) is 2.87. The lowest BCUT2D eigenvalue weighted by Crippen LogP contribution is -2.13. The molecule has 0 atom stereocenters. The van der Waals surface area contributed by atoms with E-state index < -0.39 is 0 Å². The number of hydrogen-bond acceptors (Lipinski definition) is 7. The van der Waals surface area contributed by atoms with E-state index in [4.69, 9.17) is 23.4 Å². The molecule has 8 nitrogen and oxygen atoms in total. The highest BCUT2D eigenvalue weighted by Crippen LogP contribution is 2.34. The van der Waals surface area contributed by atoms with E-state index in [0.717, 1.165) is 5.56 Å². The van der Waals surface area contributed by atoms with Crippen molar-refractivity contribution in [2.24, 2.45) is 0 Å². The fourth-order valence-electron chi connectivity index (χ4n) is 3.28. The first-order valence-electron chi connectivity index (χ1n) is 9.72. The molecule has 164 valence electrons. The van der Waals surface area contributed by atoms with Gasteiger partial charge in [0.25, 0.3) is 5.91 Å². The van der Waals surface area contributed by atoms with E-state index >= 15 is 0 Å². The number of ether oxygens (including phenoxy) is 4. The van der Waals surface area contributed by atoms with Gasteiger partial charge in [0, 0.05) is 17.3 Å². The van der Waals surface area contributed by atoms with Crippen LogP contribution in [0.5, 0.6) is 23.0 Å². The number of hydrogen-bond donors (Lipinski definition) is 1. The molecule has 0 bridgehead atoms. The van der Waals surface area contributed by atoms with Crippen LogP contribution in [0.4, 0.5) is 5.69 Å². The molecule has 0 saturated heterocycles. The standard InChI is InChI=1S/C24H22N2O6/c1-28-16-7-8-17(21(13-16)30-3)23(27)25-15-6-10-19-18(12-15)26-24(32-19)14-5-9-20(29-2)22(11-14)31-4/h5-13H,1-4H3,(H,25,27). The summed E-state index contributed by atoms with van der Waals surface area (Å²) in [6.45, 7) is 0. The summed E-state index contributed by atoms with van der Waals surface area (Å²) >= 11 is 0. The Balaban J connectivity index is 1.60. The second-order valence-corrected chi connectivity index (χ2v) is 6.79. The predicted octanol–water partition coefficient (Wildman–Crippen LogP) is 4.78. The van der Waals surface area contributed by atoms with Crippen LogP contribution in [0.2, 0.25) is 0 Å². The molecule has 0 aliphatic rings. The van der Waals surface area contributed by atoms with E-state index in [1.54, 1.807) is 69.9 Å². The Morgan fingerprint density at radius 1 is 0.812 bits per heavy atom. The van der Waals surface area contributed by atoms with Crippen molar-refractivity contribution >= 4 is 22.7 Å². The van der Waals surface area contributed by atoms with Crippen LogP contribution >= 0.6 is 0 Å². The van der Waals surface area contributed by atoms with Crippen LogP contribution in [0, 0.1) is 0 Å². The SMILES string of the molecule is COc1ccc(C(=O)Nc2ccc3oc(-c4ccc(OC)c(OC)c4)nc3c2)c(OC)c1. The summed E-state index contributed by atoms with van der Waals surface area (Å²) in [5.41, 5.74) is 2.91. The van der Waals surface area contributed by atoms with Gasteiger partial charge in [0.05, 0.1) is 34.0 Å². The number of methoxy groups -OCH3 is 4. The minimum atomic E-state index is -0.313. The van der Waals surface area contributed by atoms with Crippen molar-refractivity contribution in [1.29, 1.82) is 0 Å². The van der Waals surface area contributed by atoms with Gasteiger partial charge in [-0.2, -0.15) is 0 Å². The van der Waals surface area contributed by atoms with E-state index in [-0.39, 0.29) is 5.91 Å². The molecule has 0 fully saturated rings. The van der Waals surface area contributed by atoms with E-state index in [2.05, 4.69) is 10.3 Å². The Morgan fingerprint density at radius 2 is 1.59 bits per heavy atom. The van der Waals surface area contributed by atoms with Gasteiger partial charge in [-0.3, -0.25) is 4.79 Å². The van der Waals surface area contributed by atoms with E-state index in [9.17, 15) is 4.79 Å². The van der Waals surface area contributed by atoms with Crippen LogP contribution in [-0.4, -0.2) is 39.3 Å². The number of aromatic nitrogens is 1. The third-order valence-electron chi connectivity index (χ3n) is 4.93. The normalized spacial score (nSPS) is 10.6. The summed E-state index contributed by atoms with van der Waals surface area (Å²) < 4.78 is 27.0. The summed E-state index contributed by atoms with van der Waals surface area (Å²) in [6.07, 6.45) is 0. The lowest BCUT2D eigenvalue weighted by Gasteiger charge is -2.10. The molecule has 0 unspecified atom stereocenters. The first-order chi connectivity index (χ1) is 15.6. The van der Waals surface area contributed by atoms with Gasteiger partial charge in [-0.15, -0.1) is 0 Å². The number of carbonyl (C=O) groups is 1. The van der Waals surface area contributed by atoms with Gasteiger partial charge >= 0.3 is 0 Å². The minimum absolute atomic E-state index is 0.313. The third kappa shape index (κ3) is 4.02. The van der Waals surface area contributed by atoms with Crippen LogP contribution in [0.3, 0.4) is 0 Å². The van der Waals surface area contributed by atoms with Crippen molar-refractivity contribution < 1.29 is 28.2 Å². The van der Waals surface area contributed by atoms with Gasteiger partial charge in [0.1, 0.15) is 17.0 Å². The number of oxazole rings is 1. The fourth-order valence-corrected chi connectivity index (χ4v) is 3.28. The van der Waals surface area contributed by atoms with Crippen molar-refractivity contribution in [3.05, 3.63) is 60.2 Å². The molecule has 0 radical (unpaired) electrons. The molecule has 0 aliphatic carbocycles. The topological polar surface area (TPSA) is 92.1 Å². The molecule has 1 N–H and O–H groups in total. The zero-order valence-electron chi connectivity index (χ0n) is 18.1. The summed E-state index contributed by atoms with van der Waals surface area (Å²) in [6, 6.07) is 15.7. The second-order valence-electron chi connectivity index (χ2n) is 6.79. The smallest absolute Gasteiger partial charge is 0.259 e. The maximum atomic E-state index is 12.8. The Hall–Kier alpha value is -4.20. The average Bonchev–Trinajstić information content (AvgIpc) is 3.26. The molecule has 0 saturated carbocycles. The third-order valence-corrected chi connectivity index (χ3v) is 4.93. The van der Waals surface area contributed by atoms with Crippen molar-refractivity contribution in [2.45, 2.75) is 0 Å². The molecular formula is C24H22N2O6. The minimum Gasteiger partial charge on any atom is -0.497 e. The molecule has 1 amide bonds. The first-order valence-corrected chi connectivity index (χ1v) is 9.72. The van der Waals surface area contributed by atoms with E-state index in [0.29, 0.717) is 51.2 Å². The van der Waals surface area contributed by atoms with Gasteiger partial charge in [-0.05, 0) is 48.5 Å². The number of anilines is 1. The lowest BCUT2D eigenvalue weighted by atomic mass is 10.1. The largest absolute Gasteiger partial charge is 0.497 e. The fraction of sp³-hybridized carbons (Fsp3) is 0.167. The summed E-state index contributed by atoms with van der Waals surface area (Å²) in [5.74, 6) is 2.33. The molecule has 0 spiro atoms. The van der Waals surface area contributed by atoms with Crippen LogP contribution in [0.1, 0.15) is 10.4 Å². The Labute approximate surface area is 184 Å². The average molecular weight is 434 g/mol. The second kappa shape index (κ2) is 8.89. The molecule has 1 heterocycles. The van der Waals surface area contributed by atoms with Crippen molar-refractivity contribution in [2.75, 3.05) is 33.8 Å². The zero-order chi connectivity index (χ0) is 22.7. The van der Waals surface area contributed by atoms with Crippen LogP contribution in [0.15, 0.2) is 59.0 Å². The Kier molecular flexibility index (Phi) is 5.85. The number of fused-ring (bicyclic) bond motifs is 1. The van der Waals surface area contributed by atoms with E-state index in [1.165, 1.54) is 7.11 Å². The Bertz CT molecular complexity index is 1280. The van der Waals surface area contributed by atoms with Crippen molar-refractivity contribution in [1.82, 2.24) is 4.98 Å². The first kappa shape index (κ1) is 21.0. The molecule has 8 heteroatoms. The molecule has 32 heavy (non-hydrogen) atoms. The molecule has 3 aromatic carbocycles. The molecule has 4 aromatic rings. The monoisotopic (exact) mass is 434 g/mol. The van der Waals surface area contributed by atoms with Gasteiger partial charge in [0.15, 0.2) is 17.1 Å².